The van der Waals surface area contributed by atoms with Crippen molar-refractivity contribution >= 4 is 40.6 Å². The SMILES string of the molecule is CCC(Sc1cccc(NC(=O)c2ccc([N+](=O)[O-])cc2)c1)C(=O)Nc1ccc(C)cc1. The first-order chi connectivity index (χ1) is 15.4. The minimum atomic E-state index is -0.512. The van der Waals surface area contributed by atoms with Gasteiger partial charge in [0.15, 0.2) is 0 Å². The normalized spacial score (nSPS) is 11.4. The number of nitrogens with zero attached hydrogens (tertiary/aromatic N) is 1. The van der Waals surface area contributed by atoms with E-state index in [1.54, 1.807) is 18.2 Å². The summed E-state index contributed by atoms with van der Waals surface area (Å²) < 4.78 is 0. The number of non-ortho nitro benzene ring substituents is 1. The van der Waals surface area contributed by atoms with Crippen molar-refractivity contribution < 1.29 is 14.5 Å². The molecule has 0 aliphatic rings. The number of thioether (sulfide) groups is 1. The molecule has 0 bridgehead atoms. The first kappa shape index (κ1) is 23.0. The average molecular weight is 450 g/mol. The van der Waals surface area contributed by atoms with E-state index in [1.807, 2.05) is 44.2 Å². The van der Waals surface area contributed by atoms with Gasteiger partial charge in [0.05, 0.1) is 10.2 Å². The molecular weight excluding hydrogens is 426 g/mol. The van der Waals surface area contributed by atoms with Crippen LogP contribution in [-0.2, 0) is 4.79 Å². The largest absolute Gasteiger partial charge is 0.325 e. The van der Waals surface area contributed by atoms with Crippen LogP contribution in [0.3, 0.4) is 0 Å². The molecule has 7 nitrogen and oxygen atoms in total. The molecule has 0 radical (unpaired) electrons. The van der Waals surface area contributed by atoms with Crippen LogP contribution in [0.5, 0.6) is 0 Å². The first-order valence-electron chi connectivity index (χ1n) is 10.1. The van der Waals surface area contributed by atoms with Crippen LogP contribution in [-0.4, -0.2) is 22.0 Å². The van der Waals surface area contributed by atoms with Gasteiger partial charge < -0.3 is 10.6 Å². The Hall–Kier alpha value is -3.65. The van der Waals surface area contributed by atoms with Gasteiger partial charge in [-0.3, -0.25) is 19.7 Å². The highest BCUT2D eigenvalue weighted by molar-refractivity contribution is 8.00. The number of nitro benzene ring substituents is 1. The van der Waals surface area contributed by atoms with Crippen molar-refractivity contribution in [3.8, 4) is 0 Å². The molecule has 0 spiro atoms. The number of benzene rings is 3. The summed E-state index contributed by atoms with van der Waals surface area (Å²) in [6, 6.07) is 20.3. The predicted octanol–water partition coefficient (Wildman–Crippen LogP) is 5.66. The molecule has 3 aromatic rings. The fraction of sp³-hybridized carbons (Fsp3) is 0.167. The molecule has 0 saturated carbocycles. The Bertz CT molecular complexity index is 1110. The van der Waals surface area contributed by atoms with Gasteiger partial charge in [0, 0.05) is 34.0 Å². The van der Waals surface area contributed by atoms with Gasteiger partial charge in [0.1, 0.15) is 0 Å². The second-order valence-corrected chi connectivity index (χ2v) is 8.43. The lowest BCUT2D eigenvalue weighted by Crippen LogP contribution is -2.24. The highest BCUT2D eigenvalue weighted by Crippen LogP contribution is 2.29. The minimum Gasteiger partial charge on any atom is -0.325 e. The molecule has 2 amide bonds. The maximum absolute atomic E-state index is 12.7. The molecule has 3 rings (SSSR count). The molecule has 1 unspecified atom stereocenters. The fourth-order valence-corrected chi connectivity index (χ4v) is 3.94. The Kier molecular flexibility index (Phi) is 7.62. The molecule has 0 aliphatic carbocycles. The number of aryl methyl sites for hydroxylation is 1. The Morgan fingerprint density at radius 2 is 1.66 bits per heavy atom. The van der Waals surface area contributed by atoms with Crippen LogP contribution >= 0.6 is 11.8 Å². The van der Waals surface area contributed by atoms with Crippen molar-refractivity contribution in [2.24, 2.45) is 0 Å². The topological polar surface area (TPSA) is 101 Å². The van der Waals surface area contributed by atoms with Crippen LogP contribution in [0.15, 0.2) is 77.7 Å². The third kappa shape index (κ3) is 6.18. The number of hydrogen-bond acceptors (Lipinski definition) is 5. The van der Waals surface area contributed by atoms with E-state index in [1.165, 1.54) is 36.0 Å². The molecule has 0 aromatic heterocycles. The van der Waals surface area contributed by atoms with Gasteiger partial charge >= 0.3 is 0 Å². The van der Waals surface area contributed by atoms with E-state index in [9.17, 15) is 19.7 Å². The van der Waals surface area contributed by atoms with Crippen molar-refractivity contribution in [1.29, 1.82) is 0 Å². The number of amides is 2. The fourth-order valence-electron chi connectivity index (χ4n) is 2.93. The maximum atomic E-state index is 12.7. The number of carbonyl (C=O) groups is 2. The molecule has 0 heterocycles. The van der Waals surface area contributed by atoms with Crippen molar-refractivity contribution in [2.75, 3.05) is 10.6 Å². The standard InChI is InChI=1S/C24H23N3O4S/c1-3-22(24(29)25-18-11-7-16(2)8-12-18)32-21-6-4-5-19(15-21)26-23(28)17-9-13-20(14-10-17)27(30)31/h4-15,22H,3H2,1-2H3,(H,25,29)(H,26,28). The van der Waals surface area contributed by atoms with Gasteiger partial charge in [0.25, 0.3) is 11.6 Å². The molecule has 1 atom stereocenters. The number of nitrogens with one attached hydrogen (secondary N) is 2. The summed E-state index contributed by atoms with van der Waals surface area (Å²) in [5.74, 6) is -0.451. The molecule has 8 heteroatoms. The number of anilines is 2. The molecule has 3 aromatic carbocycles. The zero-order valence-electron chi connectivity index (χ0n) is 17.7. The molecule has 164 valence electrons. The van der Waals surface area contributed by atoms with E-state index in [-0.39, 0.29) is 22.8 Å². The lowest BCUT2D eigenvalue weighted by molar-refractivity contribution is -0.384. The third-order valence-electron chi connectivity index (χ3n) is 4.69. The van der Waals surface area contributed by atoms with Gasteiger partial charge in [-0.15, -0.1) is 11.8 Å². The minimum absolute atomic E-state index is 0.0746. The van der Waals surface area contributed by atoms with E-state index >= 15 is 0 Å². The number of carbonyl (C=O) groups excluding carboxylic acids is 2. The van der Waals surface area contributed by atoms with Crippen LogP contribution in [0.1, 0.15) is 29.3 Å². The Balaban J connectivity index is 1.65. The molecule has 2 N–H and O–H groups in total. The van der Waals surface area contributed by atoms with E-state index in [0.717, 1.165) is 16.1 Å². The van der Waals surface area contributed by atoms with Crippen molar-refractivity contribution in [2.45, 2.75) is 30.4 Å². The summed E-state index contributed by atoms with van der Waals surface area (Å²) in [6.07, 6.45) is 0.641. The van der Waals surface area contributed by atoms with Gasteiger partial charge in [-0.25, -0.2) is 0 Å². The van der Waals surface area contributed by atoms with Crippen LogP contribution in [0.25, 0.3) is 0 Å². The summed E-state index contributed by atoms with van der Waals surface area (Å²) in [4.78, 5) is 36.3. The van der Waals surface area contributed by atoms with Crippen molar-refractivity contribution in [3.05, 3.63) is 94.0 Å². The average Bonchev–Trinajstić information content (AvgIpc) is 2.79. The molecular formula is C24H23N3O4S. The van der Waals surface area contributed by atoms with Crippen LogP contribution in [0, 0.1) is 17.0 Å². The second kappa shape index (κ2) is 10.6. The van der Waals surface area contributed by atoms with Crippen molar-refractivity contribution in [3.63, 3.8) is 0 Å². The van der Waals surface area contributed by atoms with Gasteiger partial charge in [-0.2, -0.15) is 0 Å². The lowest BCUT2D eigenvalue weighted by atomic mass is 10.2. The second-order valence-electron chi connectivity index (χ2n) is 7.16. The highest BCUT2D eigenvalue weighted by Gasteiger charge is 2.18. The monoisotopic (exact) mass is 449 g/mol. The van der Waals surface area contributed by atoms with Gasteiger partial charge in [-0.05, 0) is 55.8 Å². The number of nitro groups is 1. The van der Waals surface area contributed by atoms with Crippen LogP contribution in [0.4, 0.5) is 17.1 Å². The van der Waals surface area contributed by atoms with E-state index in [0.29, 0.717) is 17.7 Å². The Labute approximate surface area is 190 Å². The van der Waals surface area contributed by atoms with Gasteiger partial charge in [0.2, 0.25) is 5.91 Å². The summed E-state index contributed by atoms with van der Waals surface area (Å²) in [5, 5.41) is 16.2. The summed E-state index contributed by atoms with van der Waals surface area (Å²) in [7, 11) is 0. The third-order valence-corrected chi connectivity index (χ3v) is 6.05. The molecule has 0 aliphatic heterocycles. The summed E-state index contributed by atoms with van der Waals surface area (Å²) in [5.41, 5.74) is 2.69. The van der Waals surface area contributed by atoms with Crippen LogP contribution in [0.2, 0.25) is 0 Å². The number of rotatable bonds is 8. The van der Waals surface area contributed by atoms with Gasteiger partial charge in [-0.1, -0.05) is 30.7 Å². The molecule has 32 heavy (non-hydrogen) atoms. The van der Waals surface area contributed by atoms with Crippen LogP contribution < -0.4 is 10.6 Å². The smallest absolute Gasteiger partial charge is 0.269 e. The molecule has 0 saturated heterocycles. The Morgan fingerprint density at radius 3 is 2.28 bits per heavy atom. The van der Waals surface area contributed by atoms with Crippen molar-refractivity contribution in [1.82, 2.24) is 0 Å². The maximum Gasteiger partial charge on any atom is 0.269 e. The molecule has 0 fully saturated rings. The summed E-state index contributed by atoms with van der Waals surface area (Å²) in [6.45, 7) is 3.94. The van der Waals surface area contributed by atoms with E-state index < -0.39 is 4.92 Å². The highest BCUT2D eigenvalue weighted by atomic mass is 32.2. The zero-order valence-corrected chi connectivity index (χ0v) is 18.5. The number of hydrogen-bond donors (Lipinski definition) is 2. The summed E-state index contributed by atoms with van der Waals surface area (Å²) >= 11 is 1.42. The lowest BCUT2D eigenvalue weighted by Gasteiger charge is -2.15. The first-order valence-corrected chi connectivity index (χ1v) is 10.9. The zero-order chi connectivity index (χ0) is 23.1. The Morgan fingerprint density at radius 1 is 0.969 bits per heavy atom. The predicted molar refractivity (Wildman–Crippen MR) is 127 cm³/mol. The van der Waals surface area contributed by atoms with E-state index in [4.69, 9.17) is 0 Å². The van der Waals surface area contributed by atoms with E-state index in [2.05, 4.69) is 10.6 Å². The quantitative estimate of drug-likeness (QED) is 0.262.